The molecule has 1 atom stereocenters. The number of aromatic nitrogens is 1. The van der Waals surface area contributed by atoms with E-state index in [0.29, 0.717) is 0 Å². The maximum Gasteiger partial charge on any atom is 0.0573 e. The second-order valence-electron chi connectivity index (χ2n) is 5.11. The van der Waals surface area contributed by atoms with Gasteiger partial charge in [0.25, 0.3) is 0 Å². The van der Waals surface area contributed by atoms with Gasteiger partial charge in [0.15, 0.2) is 0 Å². The summed E-state index contributed by atoms with van der Waals surface area (Å²) < 4.78 is 0. The molecular weight excluding hydrogens is 212 g/mol. The smallest absolute Gasteiger partial charge is 0.0573 e. The zero-order valence-corrected chi connectivity index (χ0v) is 10.2. The van der Waals surface area contributed by atoms with Gasteiger partial charge in [0.2, 0.25) is 0 Å². The fourth-order valence-corrected chi connectivity index (χ4v) is 3.06. The highest BCUT2D eigenvalue weighted by Crippen LogP contribution is 2.25. The summed E-state index contributed by atoms with van der Waals surface area (Å²) in [5.74, 6) is 0. The third kappa shape index (κ3) is 2.22. The van der Waals surface area contributed by atoms with Gasteiger partial charge in [-0.05, 0) is 31.9 Å². The summed E-state index contributed by atoms with van der Waals surface area (Å²) in [7, 11) is 0. The Bertz CT molecular complexity index is 393. The predicted molar refractivity (Wildman–Crippen MR) is 70.1 cm³/mol. The average molecular weight is 232 g/mol. The van der Waals surface area contributed by atoms with Crippen LogP contribution in [0.25, 0.3) is 0 Å². The molecule has 0 amide bonds. The Kier molecular flexibility index (Phi) is 2.89. The molecule has 0 saturated carbocycles. The van der Waals surface area contributed by atoms with E-state index in [2.05, 4.69) is 14.8 Å². The fraction of sp³-hybridized carbons (Fsp3) is 0.615. The SMILES string of the molecule is Nc1cncc(N2CCCN3CCCC3C2)c1. The first-order chi connectivity index (χ1) is 8.33. The van der Waals surface area contributed by atoms with Crippen molar-refractivity contribution in [1.82, 2.24) is 9.88 Å². The second kappa shape index (κ2) is 4.53. The number of nitrogens with two attached hydrogens (primary N) is 1. The van der Waals surface area contributed by atoms with Crippen molar-refractivity contribution < 1.29 is 0 Å². The van der Waals surface area contributed by atoms with E-state index in [4.69, 9.17) is 5.73 Å². The van der Waals surface area contributed by atoms with Crippen molar-refractivity contribution in [2.24, 2.45) is 0 Å². The lowest BCUT2D eigenvalue weighted by molar-refractivity contribution is 0.273. The number of hydrogen-bond donors (Lipinski definition) is 1. The molecule has 0 spiro atoms. The second-order valence-corrected chi connectivity index (χ2v) is 5.11. The molecular formula is C13H20N4. The number of anilines is 2. The summed E-state index contributed by atoms with van der Waals surface area (Å²) >= 11 is 0. The molecule has 2 fully saturated rings. The minimum atomic E-state index is 0.735. The largest absolute Gasteiger partial charge is 0.397 e. The molecule has 17 heavy (non-hydrogen) atoms. The molecule has 0 radical (unpaired) electrons. The highest BCUT2D eigenvalue weighted by Gasteiger charge is 2.28. The van der Waals surface area contributed by atoms with Crippen LogP contribution in [0, 0.1) is 0 Å². The van der Waals surface area contributed by atoms with Crippen molar-refractivity contribution in [2.45, 2.75) is 25.3 Å². The highest BCUT2D eigenvalue weighted by atomic mass is 15.3. The van der Waals surface area contributed by atoms with Crippen molar-refractivity contribution in [1.29, 1.82) is 0 Å². The summed E-state index contributed by atoms with van der Waals surface area (Å²) in [6.45, 7) is 4.79. The van der Waals surface area contributed by atoms with Gasteiger partial charge < -0.3 is 10.6 Å². The molecule has 0 bridgehead atoms. The lowest BCUT2D eigenvalue weighted by Gasteiger charge is -2.27. The molecule has 2 aliphatic rings. The maximum atomic E-state index is 5.81. The molecule has 1 aromatic heterocycles. The number of fused-ring (bicyclic) bond motifs is 1. The van der Waals surface area contributed by atoms with Crippen LogP contribution in [0.2, 0.25) is 0 Å². The van der Waals surface area contributed by atoms with E-state index in [0.717, 1.165) is 24.8 Å². The van der Waals surface area contributed by atoms with Gasteiger partial charge in [-0.3, -0.25) is 9.88 Å². The molecule has 3 heterocycles. The van der Waals surface area contributed by atoms with Gasteiger partial charge in [0.05, 0.1) is 17.6 Å². The molecule has 2 saturated heterocycles. The first-order valence-corrected chi connectivity index (χ1v) is 6.52. The van der Waals surface area contributed by atoms with Gasteiger partial charge in [-0.15, -0.1) is 0 Å². The average Bonchev–Trinajstić information content (AvgIpc) is 2.66. The summed E-state index contributed by atoms with van der Waals surface area (Å²) in [5.41, 5.74) is 7.75. The Hall–Kier alpha value is -1.29. The van der Waals surface area contributed by atoms with Gasteiger partial charge in [-0.1, -0.05) is 0 Å². The minimum Gasteiger partial charge on any atom is -0.397 e. The van der Waals surface area contributed by atoms with Crippen LogP contribution in [0.4, 0.5) is 11.4 Å². The van der Waals surface area contributed by atoms with E-state index in [-0.39, 0.29) is 0 Å². The third-order valence-electron chi connectivity index (χ3n) is 3.91. The first kappa shape index (κ1) is 10.8. The fourth-order valence-electron chi connectivity index (χ4n) is 3.06. The summed E-state index contributed by atoms with van der Waals surface area (Å²) in [6.07, 6.45) is 7.58. The van der Waals surface area contributed by atoms with Crippen molar-refractivity contribution >= 4 is 11.4 Å². The number of rotatable bonds is 1. The molecule has 2 N–H and O–H groups in total. The van der Waals surface area contributed by atoms with Crippen molar-refractivity contribution in [3.8, 4) is 0 Å². The van der Waals surface area contributed by atoms with E-state index in [9.17, 15) is 0 Å². The molecule has 1 aromatic rings. The first-order valence-electron chi connectivity index (χ1n) is 6.52. The van der Waals surface area contributed by atoms with E-state index in [1.165, 1.54) is 38.0 Å². The van der Waals surface area contributed by atoms with Gasteiger partial charge in [0, 0.05) is 31.9 Å². The van der Waals surface area contributed by atoms with Gasteiger partial charge in [-0.25, -0.2) is 0 Å². The third-order valence-corrected chi connectivity index (χ3v) is 3.91. The molecule has 3 rings (SSSR count). The van der Waals surface area contributed by atoms with E-state index >= 15 is 0 Å². The highest BCUT2D eigenvalue weighted by molar-refractivity contribution is 5.53. The zero-order chi connectivity index (χ0) is 11.7. The number of nitrogens with zero attached hydrogens (tertiary/aromatic N) is 3. The van der Waals surface area contributed by atoms with Gasteiger partial charge in [0.1, 0.15) is 0 Å². The van der Waals surface area contributed by atoms with Crippen LogP contribution < -0.4 is 10.6 Å². The lowest BCUT2D eigenvalue weighted by Crippen LogP contribution is -2.36. The number of hydrogen-bond acceptors (Lipinski definition) is 4. The van der Waals surface area contributed by atoms with Crippen molar-refractivity contribution in [3.05, 3.63) is 18.5 Å². The van der Waals surface area contributed by atoms with Crippen LogP contribution >= 0.6 is 0 Å². The monoisotopic (exact) mass is 232 g/mol. The molecule has 0 aliphatic carbocycles. The van der Waals surface area contributed by atoms with E-state index in [1.54, 1.807) is 6.20 Å². The molecule has 1 unspecified atom stereocenters. The number of nitrogen functional groups attached to an aromatic ring is 1. The Balaban J connectivity index is 1.78. The lowest BCUT2D eigenvalue weighted by atomic mass is 10.2. The molecule has 2 aliphatic heterocycles. The summed E-state index contributed by atoms with van der Waals surface area (Å²) in [4.78, 5) is 9.28. The van der Waals surface area contributed by atoms with Crippen LogP contribution in [-0.2, 0) is 0 Å². The van der Waals surface area contributed by atoms with Crippen LogP contribution in [0.3, 0.4) is 0 Å². The summed E-state index contributed by atoms with van der Waals surface area (Å²) in [6, 6.07) is 2.77. The number of pyridine rings is 1. The van der Waals surface area contributed by atoms with Gasteiger partial charge >= 0.3 is 0 Å². The standard InChI is InChI=1S/C13H20N4/c14-11-7-13(9-15-8-11)17-6-2-5-16-4-1-3-12(16)10-17/h7-9,12H,1-6,10,14H2. The molecule has 4 nitrogen and oxygen atoms in total. The van der Waals surface area contributed by atoms with Crippen LogP contribution in [0.5, 0.6) is 0 Å². The van der Waals surface area contributed by atoms with Crippen LogP contribution in [-0.4, -0.2) is 42.1 Å². The predicted octanol–water partition coefficient (Wildman–Crippen LogP) is 1.34. The maximum absolute atomic E-state index is 5.81. The Morgan fingerprint density at radius 1 is 1.18 bits per heavy atom. The normalized spacial score (nSPS) is 25.6. The van der Waals surface area contributed by atoms with Gasteiger partial charge in [-0.2, -0.15) is 0 Å². The Morgan fingerprint density at radius 3 is 2.94 bits per heavy atom. The topological polar surface area (TPSA) is 45.4 Å². The molecule has 0 aromatic carbocycles. The Labute approximate surface area is 102 Å². The molecule has 4 heteroatoms. The van der Waals surface area contributed by atoms with E-state index in [1.807, 2.05) is 12.3 Å². The van der Waals surface area contributed by atoms with E-state index < -0.39 is 0 Å². The Morgan fingerprint density at radius 2 is 2.06 bits per heavy atom. The van der Waals surface area contributed by atoms with Crippen LogP contribution in [0.15, 0.2) is 18.5 Å². The minimum absolute atomic E-state index is 0.735. The quantitative estimate of drug-likeness (QED) is 0.793. The zero-order valence-electron chi connectivity index (χ0n) is 10.2. The van der Waals surface area contributed by atoms with Crippen molar-refractivity contribution in [2.75, 3.05) is 36.8 Å². The molecule has 92 valence electrons. The van der Waals surface area contributed by atoms with Crippen LogP contribution in [0.1, 0.15) is 19.3 Å². The van der Waals surface area contributed by atoms with Crippen molar-refractivity contribution in [3.63, 3.8) is 0 Å². The summed E-state index contributed by atoms with van der Waals surface area (Å²) in [5, 5.41) is 0.